The molecular formula is C25H33N5O. The van der Waals surface area contributed by atoms with Gasteiger partial charge >= 0.3 is 0 Å². The highest BCUT2D eigenvalue weighted by Crippen LogP contribution is 2.26. The van der Waals surface area contributed by atoms with Crippen molar-refractivity contribution in [1.82, 2.24) is 14.9 Å². The standard InChI is InChI=1S/C25H33N5O/c1-6-19(16-26-3)23-17-28-24(29-25(23)27-13-8-9-14-31)22-12-10-11-21(15-22)20(7-2)18-30(4)5/h6-7,10-12,15-18,31H,2,8-9,13-14H2,1,3-5H3,(H,27,28,29)/b19-6+,20-18+,26-16-. The molecule has 0 unspecified atom stereocenters. The third-order valence-electron chi connectivity index (χ3n) is 4.63. The van der Waals surface area contributed by atoms with E-state index in [0.717, 1.165) is 53.0 Å². The molecule has 0 bridgehead atoms. The number of benzene rings is 1. The second-order valence-corrected chi connectivity index (χ2v) is 7.28. The zero-order valence-corrected chi connectivity index (χ0v) is 19.0. The normalized spacial score (nSPS) is 12.3. The first-order chi connectivity index (χ1) is 15.0. The molecule has 1 heterocycles. The van der Waals surface area contributed by atoms with E-state index in [1.165, 1.54) is 0 Å². The summed E-state index contributed by atoms with van der Waals surface area (Å²) >= 11 is 0. The van der Waals surface area contributed by atoms with E-state index in [9.17, 15) is 0 Å². The van der Waals surface area contributed by atoms with E-state index >= 15 is 0 Å². The number of rotatable bonds is 11. The van der Waals surface area contributed by atoms with E-state index in [0.29, 0.717) is 5.82 Å². The minimum absolute atomic E-state index is 0.186. The number of hydrogen-bond donors (Lipinski definition) is 2. The average molecular weight is 420 g/mol. The summed E-state index contributed by atoms with van der Waals surface area (Å²) in [5.41, 5.74) is 4.87. The Morgan fingerprint density at radius 2 is 2.06 bits per heavy atom. The van der Waals surface area contributed by atoms with Crippen LogP contribution < -0.4 is 5.32 Å². The monoisotopic (exact) mass is 419 g/mol. The molecule has 1 aromatic heterocycles. The Labute approximate surface area is 185 Å². The summed E-state index contributed by atoms with van der Waals surface area (Å²) in [5, 5.41) is 12.5. The Morgan fingerprint density at radius 1 is 1.26 bits per heavy atom. The van der Waals surface area contributed by atoms with Crippen LogP contribution in [-0.2, 0) is 0 Å². The summed E-state index contributed by atoms with van der Waals surface area (Å²) in [5.74, 6) is 1.40. The SMILES string of the molecule is C=C/C(=C\N(C)C)c1cccc(-c2ncc(C(/C=N\C)=C/C)c(NCCCCO)n2)c1. The van der Waals surface area contributed by atoms with E-state index < -0.39 is 0 Å². The summed E-state index contributed by atoms with van der Waals surface area (Å²) in [7, 11) is 5.72. The lowest BCUT2D eigenvalue weighted by Crippen LogP contribution is -2.09. The Bertz CT molecular complexity index is 960. The van der Waals surface area contributed by atoms with Gasteiger partial charge in [0.1, 0.15) is 5.82 Å². The van der Waals surface area contributed by atoms with E-state index in [2.05, 4.69) is 34.0 Å². The molecule has 2 aromatic rings. The van der Waals surface area contributed by atoms with Crippen LogP contribution in [0.15, 0.2) is 60.4 Å². The van der Waals surface area contributed by atoms with Gasteiger partial charge in [-0.15, -0.1) is 0 Å². The molecule has 0 fully saturated rings. The van der Waals surface area contributed by atoms with Gasteiger partial charge in [-0.25, -0.2) is 9.97 Å². The summed E-state index contributed by atoms with van der Waals surface area (Å²) in [6, 6.07) is 8.14. The van der Waals surface area contributed by atoms with Crippen LogP contribution in [0.2, 0.25) is 0 Å². The third-order valence-corrected chi connectivity index (χ3v) is 4.63. The molecule has 0 atom stereocenters. The van der Waals surface area contributed by atoms with Gasteiger partial charge in [-0.05, 0) is 37.0 Å². The van der Waals surface area contributed by atoms with Gasteiger partial charge < -0.3 is 15.3 Å². The zero-order chi connectivity index (χ0) is 22.6. The number of allylic oxidation sites excluding steroid dienone is 4. The van der Waals surface area contributed by atoms with Crippen molar-refractivity contribution in [3.8, 4) is 11.4 Å². The average Bonchev–Trinajstić information content (AvgIpc) is 2.78. The summed E-state index contributed by atoms with van der Waals surface area (Å²) < 4.78 is 0. The molecule has 0 saturated heterocycles. The third kappa shape index (κ3) is 6.89. The second kappa shape index (κ2) is 12.4. The minimum atomic E-state index is 0.186. The number of nitrogens with one attached hydrogen (secondary N) is 1. The fourth-order valence-corrected chi connectivity index (χ4v) is 3.11. The van der Waals surface area contributed by atoms with E-state index in [-0.39, 0.29) is 6.61 Å². The molecule has 31 heavy (non-hydrogen) atoms. The molecule has 0 aliphatic carbocycles. The first-order valence-electron chi connectivity index (χ1n) is 10.5. The van der Waals surface area contributed by atoms with Gasteiger partial charge in [0.25, 0.3) is 0 Å². The Morgan fingerprint density at radius 3 is 2.71 bits per heavy atom. The smallest absolute Gasteiger partial charge is 0.161 e. The number of hydrogen-bond acceptors (Lipinski definition) is 6. The molecule has 2 rings (SSSR count). The predicted molar refractivity (Wildman–Crippen MR) is 132 cm³/mol. The van der Waals surface area contributed by atoms with Crippen molar-refractivity contribution in [3.63, 3.8) is 0 Å². The molecule has 0 aliphatic rings. The van der Waals surface area contributed by atoms with Crippen molar-refractivity contribution in [3.05, 3.63) is 66.5 Å². The number of unbranched alkanes of at least 4 members (excludes halogenated alkanes) is 1. The van der Waals surface area contributed by atoms with Crippen molar-refractivity contribution in [1.29, 1.82) is 0 Å². The van der Waals surface area contributed by atoms with Gasteiger partial charge in [0.2, 0.25) is 0 Å². The minimum Gasteiger partial charge on any atom is -0.396 e. The molecule has 0 saturated carbocycles. The maximum Gasteiger partial charge on any atom is 0.161 e. The molecule has 0 amide bonds. The molecule has 6 heteroatoms. The number of aliphatic imine (C=N–C) groups is 1. The van der Waals surface area contributed by atoms with Crippen molar-refractivity contribution >= 4 is 23.2 Å². The predicted octanol–water partition coefficient (Wildman–Crippen LogP) is 4.52. The lowest BCUT2D eigenvalue weighted by Gasteiger charge is -2.14. The molecule has 164 valence electrons. The quantitative estimate of drug-likeness (QED) is 0.318. The summed E-state index contributed by atoms with van der Waals surface area (Å²) in [4.78, 5) is 15.6. The second-order valence-electron chi connectivity index (χ2n) is 7.28. The fourth-order valence-electron chi connectivity index (χ4n) is 3.11. The van der Waals surface area contributed by atoms with Gasteiger partial charge in [0.05, 0.1) is 0 Å². The largest absolute Gasteiger partial charge is 0.396 e. The Hall–Kier alpha value is -3.25. The van der Waals surface area contributed by atoms with Crippen LogP contribution in [0.5, 0.6) is 0 Å². The van der Waals surface area contributed by atoms with Gasteiger partial charge in [-0.2, -0.15) is 0 Å². The highest BCUT2D eigenvalue weighted by Gasteiger charge is 2.12. The van der Waals surface area contributed by atoms with Crippen molar-refractivity contribution in [2.24, 2.45) is 4.99 Å². The Kier molecular flexibility index (Phi) is 9.65. The number of aliphatic hydroxyl groups is 1. The maximum atomic E-state index is 9.06. The highest BCUT2D eigenvalue weighted by molar-refractivity contribution is 6.11. The van der Waals surface area contributed by atoms with Crippen LogP contribution in [0, 0.1) is 0 Å². The molecule has 0 aliphatic heterocycles. The zero-order valence-electron chi connectivity index (χ0n) is 19.0. The lowest BCUT2D eigenvalue weighted by molar-refractivity contribution is 0.286. The van der Waals surface area contributed by atoms with Crippen LogP contribution in [0.1, 0.15) is 30.9 Å². The van der Waals surface area contributed by atoms with Crippen LogP contribution in [-0.4, -0.2) is 60.5 Å². The fraction of sp³-hybridized carbons (Fsp3) is 0.320. The highest BCUT2D eigenvalue weighted by atomic mass is 16.2. The lowest BCUT2D eigenvalue weighted by atomic mass is 10.0. The van der Waals surface area contributed by atoms with Gasteiger partial charge in [-0.1, -0.05) is 36.9 Å². The Balaban J connectivity index is 2.47. The van der Waals surface area contributed by atoms with Crippen molar-refractivity contribution < 1.29 is 5.11 Å². The molecule has 0 spiro atoms. The number of aromatic nitrogens is 2. The molecule has 1 aromatic carbocycles. The topological polar surface area (TPSA) is 73.6 Å². The van der Waals surface area contributed by atoms with Crippen LogP contribution in [0.3, 0.4) is 0 Å². The van der Waals surface area contributed by atoms with Gasteiger partial charge in [0.15, 0.2) is 5.82 Å². The number of nitrogens with zero attached hydrogens (tertiary/aromatic N) is 4. The van der Waals surface area contributed by atoms with E-state index in [1.807, 2.05) is 62.6 Å². The van der Waals surface area contributed by atoms with Crippen LogP contribution in [0.25, 0.3) is 22.5 Å². The molecule has 0 radical (unpaired) electrons. The van der Waals surface area contributed by atoms with Crippen molar-refractivity contribution in [2.45, 2.75) is 19.8 Å². The summed E-state index contributed by atoms with van der Waals surface area (Å²) in [6.45, 7) is 6.82. The van der Waals surface area contributed by atoms with Crippen LogP contribution >= 0.6 is 0 Å². The van der Waals surface area contributed by atoms with E-state index in [1.54, 1.807) is 13.3 Å². The van der Waals surface area contributed by atoms with Gasteiger partial charge in [0, 0.05) is 69.6 Å². The van der Waals surface area contributed by atoms with Crippen LogP contribution in [0.4, 0.5) is 5.82 Å². The first kappa shape index (κ1) is 24.0. The molecular weight excluding hydrogens is 386 g/mol. The van der Waals surface area contributed by atoms with Crippen molar-refractivity contribution in [2.75, 3.05) is 39.6 Å². The summed E-state index contributed by atoms with van der Waals surface area (Å²) in [6.07, 6.45) is 11.1. The number of anilines is 1. The molecule has 2 N–H and O–H groups in total. The molecule has 6 nitrogen and oxygen atoms in total. The van der Waals surface area contributed by atoms with E-state index in [4.69, 9.17) is 10.1 Å². The first-order valence-corrected chi connectivity index (χ1v) is 10.5. The van der Waals surface area contributed by atoms with Gasteiger partial charge in [-0.3, -0.25) is 4.99 Å². The number of aliphatic hydroxyl groups excluding tert-OH is 1. The maximum absolute atomic E-state index is 9.06.